The quantitative estimate of drug-likeness (QED) is 0.672. The summed E-state index contributed by atoms with van der Waals surface area (Å²) in [6.07, 6.45) is 7.84. The Morgan fingerprint density at radius 3 is 2.52 bits per heavy atom. The topological polar surface area (TPSA) is 78.5 Å². The number of carbonyl (C=O) groups is 3. The zero-order valence-corrected chi connectivity index (χ0v) is 18.9. The fourth-order valence-electron chi connectivity index (χ4n) is 4.64. The second-order valence-electron chi connectivity index (χ2n) is 8.73. The van der Waals surface area contributed by atoms with Crippen molar-refractivity contribution in [1.82, 2.24) is 15.5 Å². The SMILES string of the molecule is CSC1(CNC(=O)CN2C(=O)NC(C)(c3ccc4ccccc4c3)C2=O)CCCCC1. The zero-order chi connectivity index (χ0) is 22.1. The van der Waals surface area contributed by atoms with E-state index in [4.69, 9.17) is 0 Å². The number of hydrogen-bond donors (Lipinski definition) is 2. The van der Waals surface area contributed by atoms with Crippen LogP contribution < -0.4 is 10.6 Å². The van der Waals surface area contributed by atoms with Crippen LogP contribution in [0.2, 0.25) is 0 Å². The maximum absolute atomic E-state index is 13.2. The molecule has 1 unspecified atom stereocenters. The third kappa shape index (κ3) is 4.15. The van der Waals surface area contributed by atoms with Crippen molar-refractivity contribution in [2.75, 3.05) is 19.3 Å². The van der Waals surface area contributed by atoms with E-state index in [1.165, 1.54) is 19.3 Å². The van der Waals surface area contributed by atoms with E-state index in [1.54, 1.807) is 18.7 Å². The molecule has 2 aromatic carbocycles. The third-order valence-corrected chi connectivity index (χ3v) is 8.13. The summed E-state index contributed by atoms with van der Waals surface area (Å²) in [5.74, 6) is -0.703. The first-order valence-electron chi connectivity index (χ1n) is 10.8. The number of thioether (sulfide) groups is 1. The molecule has 1 aliphatic carbocycles. The Morgan fingerprint density at radius 2 is 1.81 bits per heavy atom. The van der Waals surface area contributed by atoms with Crippen molar-refractivity contribution in [2.45, 2.75) is 49.3 Å². The number of urea groups is 1. The molecule has 1 saturated heterocycles. The van der Waals surface area contributed by atoms with Gasteiger partial charge in [-0.05, 0) is 48.4 Å². The van der Waals surface area contributed by atoms with Crippen LogP contribution in [0.25, 0.3) is 10.8 Å². The third-order valence-electron chi connectivity index (χ3n) is 6.71. The van der Waals surface area contributed by atoms with E-state index in [2.05, 4.69) is 16.9 Å². The van der Waals surface area contributed by atoms with Crippen molar-refractivity contribution in [3.63, 3.8) is 0 Å². The number of imide groups is 1. The lowest BCUT2D eigenvalue weighted by Gasteiger charge is -2.36. The van der Waals surface area contributed by atoms with Gasteiger partial charge in [-0.25, -0.2) is 4.79 Å². The molecule has 2 aromatic rings. The summed E-state index contributed by atoms with van der Waals surface area (Å²) in [6, 6.07) is 13.1. The fourth-order valence-corrected chi connectivity index (χ4v) is 5.56. The van der Waals surface area contributed by atoms with E-state index in [9.17, 15) is 14.4 Å². The highest BCUT2D eigenvalue weighted by Gasteiger charge is 2.49. The second kappa shape index (κ2) is 8.54. The van der Waals surface area contributed by atoms with Gasteiger partial charge in [0.2, 0.25) is 5.91 Å². The summed E-state index contributed by atoms with van der Waals surface area (Å²) in [7, 11) is 0. The molecule has 0 aromatic heterocycles. The first-order chi connectivity index (χ1) is 14.9. The largest absolute Gasteiger partial charge is 0.353 e. The smallest absolute Gasteiger partial charge is 0.325 e. The fraction of sp³-hybridized carbons (Fsp3) is 0.458. The van der Waals surface area contributed by atoms with Gasteiger partial charge in [0.15, 0.2) is 0 Å². The number of nitrogens with zero attached hydrogens (tertiary/aromatic N) is 1. The highest BCUT2D eigenvalue weighted by atomic mass is 32.2. The maximum Gasteiger partial charge on any atom is 0.325 e. The Labute approximate surface area is 187 Å². The van der Waals surface area contributed by atoms with Gasteiger partial charge in [0.1, 0.15) is 12.1 Å². The van der Waals surface area contributed by atoms with Gasteiger partial charge in [0.05, 0.1) is 0 Å². The lowest BCUT2D eigenvalue weighted by molar-refractivity contribution is -0.134. The molecule has 31 heavy (non-hydrogen) atoms. The van der Waals surface area contributed by atoms with Crippen molar-refractivity contribution in [2.24, 2.45) is 0 Å². The molecule has 0 spiro atoms. The lowest BCUT2D eigenvalue weighted by Crippen LogP contribution is -2.47. The van der Waals surface area contributed by atoms with Crippen molar-refractivity contribution < 1.29 is 14.4 Å². The molecule has 0 radical (unpaired) electrons. The molecule has 2 aliphatic rings. The summed E-state index contributed by atoms with van der Waals surface area (Å²) in [6.45, 7) is 2.00. The Balaban J connectivity index is 1.45. The minimum absolute atomic E-state index is 0.0603. The van der Waals surface area contributed by atoms with Crippen LogP contribution in [-0.4, -0.2) is 46.8 Å². The summed E-state index contributed by atoms with van der Waals surface area (Å²) >= 11 is 1.80. The normalized spacial score (nSPS) is 23.1. The number of hydrogen-bond acceptors (Lipinski definition) is 4. The van der Waals surface area contributed by atoms with E-state index >= 15 is 0 Å². The molecule has 1 atom stereocenters. The monoisotopic (exact) mass is 439 g/mol. The molecule has 2 fully saturated rings. The van der Waals surface area contributed by atoms with E-state index in [0.29, 0.717) is 12.1 Å². The number of benzene rings is 2. The molecular weight excluding hydrogens is 410 g/mol. The molecule has 1 heterocycles. The predicted octanol–water partition coefficient (Wildman–Crippen LogP) is 3.79. The van der Waals surface area contributed by atoms with Gasteiger partial charge in [-0.15, -0.1) is 0 Å². The van der Waals surface area contributed by atoms with E-state index in [-0.39, 0.29) is 17.2 Å². The Kier molecular flexibility index (Phi) is 5.97. The van der Waals surface area contributed by atoms with Crippen LogP contribution in [0.1, 0.15) is 44.6 Å². The van der Waals surface area contributed by atoms with Crippen molar-refractivity contribution in [3.05, 3.63) is 48.0 Å². The molecule has 0 bridgehead atoms. The summed E-state index contributed by atoms with van der Waals surface area (Å²) in [5, 5.41) is 7.82. The first-order valence-corrected chi connectivity index (χ1v) is 12.0. The second-order valence-corrected chi connectivity index (χ2v) is 10.0. The van der Waals surface area contributed by atoms with Gasteiger partial charge in [-0.2, -0.15) is 11.8 Å². The highest BCUT2D eigenvalue weighted by Crippen LogP contribution is 2.38. The van der Waals surface area contributed by atoms with E-state index in [0.717, 1.165) is 28.5 Å². The Morgan fingerprint density at radius 1 is 1.10 bits per heavy atom. The van der Waals surface area contributed by atoms with Crippen molar-refractivity contribution in [1.29, 1.82) is 0 Å². The zero-order valence-electron chi connectivity index (χ0n) is 18.1. The summed E-state index contributed by atoms with van der Waals surface area (Å²) in [4.78, 5) is 39.4. The molecule has 1 aliphatic heterocycles. The molecule has 7 heteroatoms. The molecular formula is C24H29N3O3S. The van der Waals surface area contributed by atoms with Gasteiger partial charge >= 0.3 is 6.03 Å². The Hall–Kier alpha value is -2.54. The molecule has 4 amide bonds. The number of rotatable bonds is 6. The van der Waals surface area contributed by atoms with Crippen LogP contribution >= 0.6 is 11.8 Å². The van der Waals surface area contributed by atoms with Crippen LogP contribution in [0.5, 0.6) is 0 Å². The van der Waals surface area contributed by atoms with Crippen LogP contribution in [0.4, 0.5) is 4.79 Å². The molecule has 6 nitrogen and oxygen atoms in total. The van der Waals surface area contributed by atoms with Crippen molar-refractivity contribution in [3.8, 4) is 0 Å². The molecule has 2 N–H and O–H groups in total. The van der Waals surface area contributed by atoms with Gasteiger partial charge in [0, 0.05) is 11.3 Å². The summed E-state index contributed by atoms with van der Waals surface area (Å²) < 4.78 is 0.0603. The standard InChI is InChI=1S/C24H29N3O3S/c1-23(19-11-10-17-8-4-5-9-18(17)14-19)21(29)27(22(30)26-23)15-20(28)25-16-24(31-2)12-6-3-7-13-24/h4-5,8-11,14H,3,6-7,12-13,15-16H2,1-2H3,(H,25,28)(H,26,30). The molecule has 4 rings (SSSR count). The van der Waals surface area contributed by atoms with Gasteiger partial charge < -0.3 is 10.6 Å². The Bertz CT molecular complexity index is 1020. The van der Waals surface area contributed by atoms with Crippen LogP contribution in [0, 0.1) is 0 Å². The summed E-state index contributed by atoms with van der Waals surface area (Å²) in [5.41, 5.74) is -0.485. The van der Waals surface area contributed by atoms with Gasteiger partial charge in [-0.3, -0.25) is 14.5 Å². The van der Waals surface area contributed by atoms with Gasteiger partial charge in [0.25, 0.3) is 5.91 Å². The highest BCUT2D eigenvalue weighted by molar-refractivity contribution is 8.00. The van der Waals surface area contributed by atoms with Gasteiger partial charge in [-0.1, -0.05) is 55.7 Å². The minimum atomic E-state index is -1.19. The van der Waals surface area contributed by atoms with Crippen LogP contribution in [-0.2, 0) is 15.1 Å². The first kappa shape index (κ1) is 21.7. The number of fused-ring (bicyclic) bond motifs is 1. The molecule has 164 valence electrons. The van der Waals surface area contributed by atoms with E-state index < -0.39 is 17.5 Å². The molecule has 1 saturated carbocycles. The number of carbonyl (C=O) groups excluding carboxylic acids is 3. The van der Waals surface area contributed by atoms with Crippen molar-refractivity contribution >= 4 is 40.4 Å². The predicted molar refractivity (Wildman–Crippen MR) is 124 cm³/mol. The van der Waals surface area contributed by atoms with E-state index in [1.807, 2.05) is 42.5 Å². The van der Waals surface area contributed by atoms with Crippen LogP contribution in [0.15, 0.2) is 42.5 Å². The lowest BCUT2D eigenvalue weighted by atomic mass is 9.88. The number of amides is 4. The van der Waals surface area contributed by atoms with Crippen LogP contribution in [0.3, 0.4) is 0 Å². The number of nitrogens with one attached hydrogen (secondary N) is 2. The average molecular weight is 440 g/mol. The minimum Gasteiger partial charge on any atom is -0.353 e. The average Bonchev–Trinajstić information content (AvgIpc) is 3.02. The maximum atomic E-state index is 13.2.